The average Bonchev–Trinajstić information content (AvgIpc) is 0.811. The number of rotatable bonds is 0. The molecule has 1 radical (unpaired) electrons. The van der Waals surface area contributed by atoms with Gasteiger partial charge in [-0.05, 0) is 0 Å². The zero-order chi connectivity index (χ0) is 3.58. The summed E-state index contributed by atoms with van der Waals surface area (Å²) in [5.74, 6) is 0. The molecule has 0 saturated carbocycles. The van der Waals surface area contributed by atoms with Crippen molar-refractivity contribution in [2.45, 2.75) is 0 Å². The third-order valence-corrected chi connectivity index (χ3v) is 0. The van der Waals surface area contributed by atoms with Gasteiger partial charge in [-0.1, -0.05) is 0 Å². The molecule has 0 spiro atoms. The zero-order valence-corrected chi connectivity index (χ0v) is 5.33. The predicted octanol–water partition coefficient (Wildman–Crippen LogP) is -3.24. The fourth-order valence-electron chi connectivity index (χ4n) is 0. The van der Waals surface area contributed by atoms with E-state index in [1.54, 1.807) is 0 Å². The smallest absolute Gasteiger partial charge is 0.402 e. The molecule has 0 aliphatic heterocycles. The van der Waals surface area contributed by atoms with Crippen LogP contribution in [0.4, 0.5) is 0 Å². The molecule has 0 aliphatic carbocycles. The van der Waals surface area contributed by atoms with Crippen molar-refractivity contribution in [3.63, 3.8) is 0 Å². The van der Waals surface area contributed by atoms with E-state index < -0.39 is 7.32 Å². The summed E-state index contributed by atoms with van der Waals surface area (Å²) >= 11 is 0. The Bertz CT molecular complexity index is 15.5. The summed E-state index contributed by atoms with van der Waals surface area (Å²) < 4.78 is 0. The maximum absolute atomic E-state index is 7.17. The summed E-state index contributed by atoms with van der Waals surface area (Å²) in [7, 11) is -2.17. The van der Waals surface area contributed by atoms with Gasteiger partial charge in [-0.2, -0.15) is 0 Å². The maximum atomic E-state index is 7.17. The van der Waals surface area contributed by atoms with Crippen LogP contribution in [0.5, 0.6) is 0 Å². The first-order valence-corrected chi connectivity index (χ1v) is 0.775. The van der Waals surface area contributed by atoms with E-state index in [9.17, 15) is 0 Å². The van der Waals surface area contributed by atoms with Gasteiger partial charge in [-0.25, -0.2) is 0 Å². The molecule has 0 aromatic rings. The van der Waals surface area contributed by atoms with E-state index in [2.05, 4.69) is 0 Å². The summed E-state index contributed by atoms with van der Waals surface area (Å²) in [4.78, 5) is 0. The third kappa shape index (κ3) is 46.8. The number of hydrogen-bond donors (Lipinski definition) is 3. The minimum Gasteiger partial charge on any atom is -0.402 e. The van der Waals surface area contributed by atoms with Crippen LogP contribution in [-0.4, -0.2) is 39.8 Å². The van der Waals surface area contributed by atoms with E-state index in [4.69, 9.17) is 15.1 Å². The van der Waals surface area contributed by atoms with Crippen molar-refractivity contribution < 1.29 is 47.8 Å². The molecule has 3 nitrogen and oxygen atoms in total. The summed E-state index contributed by atoms with van der Waals surface area (Å²) in [5, 5.41) is 21.5. The second-order valence-corrected chi connectivity index (χ2v) is 0.346. The zero-order valence-electron chi connectivity index (χ0n) is 2.50. The molecule has 0 rings (SSSR count). The molecule has 0 fully saturated rings. The van der Waals surface area contributed by atoms with E-state index in [-0.39, 0.29) is 50.1 Å². The second kappa shape index (κ2) is 9.77. The molecule has 33 valence electrons. The molecule has 0 aromatic carbocycles. The van der Waals surface area contributed by atoms with Gasteiger partial charge in [0.25, 0.3) is 0 Å². The molecule has 0 saturated heterocycles. The molecular formula is H6AlBO3Y. The van der Waals surface area contributed by atoms with Crippen molar-refractivity contribution >= 4 is 24.7 Å². The monoisotopic (exact) mass is 181 g/mol. The molecule has 0 amide bonds. The van der Waals surface area contributed by atoms with Crippen molar-refractivity contribution in [1.29, 1.82) is 0 Å². The Hall–Kier alpha value is 1.58. The van der Waals surface area contributed by atoms with Crippen LogP contribution in [0.1, 0.15) is 0 Å². The van der Waals surface area contributed by atoms with Crippen molar-refractivity contribution in [3.05, 3.63) is 0 Å². The minimum absolute atomic E-state index is 0. The first-order valence-electron chi connectivity index (χ1n) is 0.775. The Balaban J connectivity index is -0.0000000450. The van der Waals surface area contributed by atoms with Gasteiger partial charge in [-0.15, -0.1) is 0 Å². The standard InChI is InChI=1S/Al.BH3O3.Y.3H/c;2-1(3)4;;;;/h;2-4H;;;;. The van der Waals surface area contributed by atoms with Crippen LogP contribution in [0.3, 0.4) is 0 Å². The van der Waals surface area contributed by atoms with Crippen LogP contribution in [0.25, 0.3) is 0 Å². The topological polar surface area (TPSA) is 60.7 Å². The van der Waals surface area contributed by atoms with Crippen LogP contribution in [0, 0.1) is 0 Å². The van der Waals surface area contributed by atoms with E-state index >= 15 is 0 Å². The fraction of sp³-hybridized carbons (Fsp3) is 0. The van der Waals surface area contributed by atoms with Gasteiger partial charge in [0, 0.05) is 32.7 Å². The van der Waals surface area contributed by atoms with Gasteiger partial charge in [0.2, 0.25) is 0 Å². The van der Waals surface area contributed by atoms with Crippen LogP contribution in [0.2, 0.25) is 0 Å². The van der Waals surface area contributed by atoms with Gasteiger partial charge < -0.3 is 15.1 Å². The normalized spacial score (nSPS) is 4.50. The van der Waals surface area contributed by atoms with Crippen LogP contribution in [-0.2, 0) is 32.7 Å². The van der Waals surface area contributed by atoms with Gasteiger partial charge in [-0.3, -0.25) is 0 Å². The number of hydrogen-bond acceptors (Lipinski definition) is 3. The molecule has 0 bridgehead atoms. The van der Waals surface area contributed by atoms with Crippen LogP contribution in [0.15, 0.2) is 0 Å². The van der Waals surface area contributed by atoms with Crippen LogP contribution >= 0.6 is 0 Å². The molecule has 0 aliphatic rings. The predicted molar refractivity (Wildman–Crippen MR) is 22.3 cm³/mol. The average molecular weight is 181 g/mol. The van der Waals surface area contributed by atoms with Gasteiger partial charge >= 0.3 is 7.32 Å². The second-order valence-electron chi connectivity index (χ2n) is 0.346. The summed E-state index contributed by atoms with van der Waals surface area (Å²) in [6.45, 7) is 0. The molecule has 6 heteroatoms. The Morgan fingerprint density at radius 1 is 1.00 bits per heavy atom. The molecule has 0 heterocycles. The molecule has 6 heavy (non-hydrogen) atoms. The Kier molecular flexibility index (Phi) is 25.5. The van der Waals surface area contributed by atoms with Gasteiger partial charge in [0.05, 0.1) is 0 Å². The van der Waals surface area contributed by atoms with Crippen molar-refractivity contribution in [3.8, 4) is 0 Å². The maximum Gasteiger partial charge on any atom is 0.631 e. The van der Waals surface area contributed by atoms with Crippen molar-refractivity contribution in [2.24, 2.45) is 0 Å². The Labute approximate surface area is 71.9 Å². The minimum atomic E-state index is -2.17. The molecule has 3 N–H and O–H groups in total. The van der Waals surface area contributed by atoms with E-state index in [0.717, 1.165) is 0 Å². The largest absolute Gasteiger partial charge is 0.631 e. The van der Waals surface area contributed by atoms with Crippen molar-refractivity contribution in [2.75, 3.05) is 0 Å². The first kappa shape index (κ1) is 15.6. The molecule has 0 aromatic heterocycles. The quantitative estimate of drug-likeness (QED) is 0.344. The van der Waals surface area contributed by atoms with E-state index in [1.165, 1.54) is 0 Å². The van der Waals surface area contributed by atoms with Crippen LogP contribution < -0.4 is 0 Å². The fourth-order valence-corrected chi connectivity index (χ4v) is 0. The Morgan fingerprint density at radius 2 is 1.00 bits per heavy atom. The van der Waals surface area contributed by atoms with E-state index in [0.29, 0.717) is 0 Å². The van der Waals surface area contributed by atoms with Gasteiger partial charge in [0.1, 0.15) is 0 Å². The van der Waals surface area contributed by atoms with E-state index in [1.807, 2.05) is 0 Å². The summed E-state index contributed by atoms with van der Waals surface area (Å²) in [6.07, 6.45) is 0. The third-order valence-electron chi connectivity index (χ3n) is 0. The molecular weight excluding hydrogens is 175 g/mol. The Morgan fingerprint density at radius 3 is 1.00 bits per heavy atom. The molecule has 0 atom stereocenters. The summed E-state index contributed by atoms with van der Waals surface area (Å²) in [5.41, 5.74) is 0. The van der Waals surface area contributed by atoms with Crippen molar-refractivity contribution in [1.82, 2.24) is 0 Å². The van der Waals surface area contributed by atoms with Gasteiger partial charge in [0.15, 0.2) is 17.4 Å². The first-order chi connectivity index (χ1) is 1.73. The summed E-state index contributed by atoms with van der Waals surface area (Å²) in [6, 6.07) is 0. The SMILES string of the molecule is OB(O)O.[AlH3].[Y]. The molecule has 0 unspecified atom stereocenters.